The van der Waals surface area contributed by atoms with E-state index in [0.29, 0.717) is 31.2 Å². The third-order valence-electron chi connectivity index (χ3n) is 4.46. The molecule has 3 rings (SSSR count). The van der Waals surface area contributed by atoms with Crippen LogP contribution in [0.1, 0.15) is 11.7 Å². The molecular formula is C21H24N2O5. The van der Waals surface area contributed by atoms with Crippen molar-refractivity contribution in [3.05, 3.63) is 60.2 Å². The van der Waals surface area contributed by atoms with Crippen molar-refractivity contribution in [1.82, 2.24) is 10.2 Å². The summed E-state index contributed by atoms with van der Waals surface area (Å²) < 4.78 is 16.4. The smallest absolute Gasteiger partial charge is 0.258 e. The second-order valence-electron chi connectivity index (χ2n) is 6.33. The van der Waals surface area contributed by atoms with Crippen LogP contribution in [0.2, 0.25) is 0 Å². The van der Waals surface area contributed by atoms with Gasteiger partial charge in [-0.05, 0) is 17.7 Å². The summed E-state index contributed by atoms with van der Waals surface area (Å²) in [5.74, 6) is 0.513. The monoisotopic (exact) mass is 384 g/mol. The van der Waals surface area contributed by atoms with Crippen molar-refractivity contribution < 1.29 is 23.8 Å². The topological polar surface area (TPSA) is 77.1 Å². The summed E-state index contributed by atoms with van der Waals surface area (Å²) >= 11 is 0. The van der Waals surface area contributed by atoms with Gasteiger partial charge in [-0.25, -0.2) is 0 Å². The lowest BCUT2D eigenvalue weighted by Crippen LogP contribution is -2.47. The minimum absolute atomic E-state index is 0.0738. The van der Waals surface area contributed by atoms with E-state index in [9.17, 15) is 9.59 Å². The van der Waals surface area contributed by atoms with Gasteiger partial charge in [-0.2, -0.15) is 0 Å². The summed E-state index contributed by atoms with van der Waals surface area (Å²) in [5, 5.41) is 2.61. The van der Waals surface area contributed by atoms with Gasteiger partial charge in [-0.15, -0.1) is 0 Å². The predicted octanol–water partition coefficient (Wildman–Crippen LogP) is 1.79. The molecule has 1 N–H and O–H groups in total. The minimum Gasteiger partial charge on any atom is -0.493 e. The van der Waals surface area contributed by atoms with Crippen LogP contribution in [0.25, 0.3) is 0 Å². The summed E-state index contributed by atoms with van der Waals surface area (Å²) in [6.45, 7) is 1.18. The van der Waals surface area contributed by atoms with Gasteiger partial charge in [-0.3, -0.25) is 9.59 Å². The van der Waals surface area contributed by atoms with Crippen molar-refractivity contribution in [2.24, 2.45) is 0 Å². The van der Waals surface area contributed by atoms with E-state index in [1.54, 1.807) is 23.1 Å². The fourth-order valence-electron chi connectivity index (χ4n) is 2.96. The van der Waals surface area contributed by atoms with E-state index in [-0.39, 0.29) is 31.1 Å². The standard InChI is InChI=1S/C21H24N2O5/c1-26-17-9-5-6-10-18(17)28-15-20(24)22-13-21(25)23-11-12-27-19(14-23)16-7-3-2-4-8-16/h2-10,19H,11-15H2,1H3,(H,22,24)/t19-/m0/s1. The van der Waals surface area contributed by atoms with E-state index >= 15 is 0 Å². The number of rotatable bonds is 7. The Morgan fingerprint density at radius 2 is 1.82 bits per heavy atom. The van der Waals surface area contributed by atoms with E-state index in [1.807, 2.05) is 36.4 Å². The van der Waals surface area contributed by atoms with Crippen molar-refractivity contribution in [2.45, 2.75) is 6.10 Å². The van der Waals surface area contributed by atoms with Gasteiger partial charge in [0.05, 0.1) is 26.8 Å². The second-order valence-corrected chi connectivity index (χ2v) is 6.33. The molecule has 148 valence electrons. The molecule has 0 unspecified atom stereocenters. The van der Waals surface area contributed by atoms with Crippen LogP contribution in [-0.4, -0.2) is 56.7 Å². The number of carbonyl (C=O) groups is 2. The number of carbonyl (C=O) groups excluding carboxylic acids is 2. The van der Waals surface area contributed by atoms with Crippen LogP contribution in [0.15, 0.2) is 54.6 Å². The quantitative estimate of drug-likeness (QED) is 0.788. The molecule has 0 aliphatic carbocycles. The van der Waals surface area contributed by atoms with Gasteiger partial charge in [0, 0.05) is 6.54 Å². The lowest BCUT2D eigenvalue weighted by molar-refractivity contribution is -0.139. The Hall–Kier alpha value is -3.06. The largest absolute Gasteiger partial charge is 0.493 e. The zero-order valence-corrected chi connectivity index (χ0v) is 15.8. The van der Waals surface area contributed by atoms with Crippen LogP contribution >= 0.6 is 0 Å². The van der Waals surface area contributed by atoms with Crippen LogP contribution in [-0.2, 0) is 14.3 Å². The molecule has 1 fully saturated rings. The predicted molar refractivity (Wildman–Crippen MR) is 103 cm³/mol. The number of hydrogen-bond donors (Lipinski definition) is 1. The molecule has 1 heterocycles. The Morgan fingerprint density at radius 3 is 2.57 bits per heavy atom. The molecular weight excluding hydrogens is 360 g/mol. The first-order valence-electron chi connectivity index (χ1n) is 9.14. The zero-order valence-electron chi connectivity index (χ0n) is 15.8. The van der Waals surface area contributed by atoms with E-state index in [2.05, 4.69) is 5.32 Å². The van der Waals surface area contributed by atoms with E-state index in [1.165, 1.54) is 7.11 Å². The van der Waals surface area contributed by atoms with Crippen LogP contribution in [0.5, 0.6) is 11.5 Å². The maximum Gasteiger partial charge on any atom is 0.258 e. The Labute approximate surface area is 164 Å². The third kappa shape index (κ3) is 5.23. The fraction of sp³-hybridized carbons (Fsp3) is 0.333. The van der Waals surface area contributed by atoms with Gasteiger partial charge < -0.3 is 24.4 Å². The van der Waals surface area contributed by atoms with Gasteiger partial charge in [0.15, 0.2) is 18.1 Å². The van der Waals surface area contributed by atoms with Gasteiger partial charge in [-0.1, -0.05) is 42.5 Å². The highest BCUT2D eigenvalue weighted by atomic mass is 16.5. The van der Waals surface area contributed by atoms with Gasteiger partial charge in [0.1, 0.15) is 6.10 Å². The molecule has 1 aliphatic rings. The van der Waals surface area contributed by atoms with Crippen LogP contribution in [0, 0.1) is 0 Å². The number of benzene rings is 2. The van der Waals surface area contributed by atoms with Crippen molar-refractivity contribution in [3.8, 4) is 11.5 Å². The molecule has 1 atom stereocenters. The van der Waals surface area contributed by atoms with E-state index < -0.39 is 0 Å². The summed E-state index contributed by atoms with van der Waals surface area (Å²) in [6, 6.07) is 16.9. The maximum atomic E-state index is 12.4. The van der Waals surface area contributed by atoms with Crippen LogP contribution in [0.3, 0.4) is 0 Å². The minimum atomic E-state index is -0.368. The highest BCUT2D eigenvalue weighted by Crippen LogP contribution is 2.25. The lowest BCUT2D eigenvalue weighted by Gasteiger charge is -2.33. The number of methoxy groups -OCH3 is 1. The molecule has 1 saturated heterocycles. The molecule has 7 heteroatoms. The Morgan fingerprint density at radius 1 is 1.11 bits per heavy atom. The molecule has 28 heavy (non-hydrogen) atoms. The van der Waals surface area contributed by atoms with E-state index in [0.717, 1.165) is 5.56 Å². The Balaban J connectivity index is 1.45. The number of morpholine rings is 1. The molecule has 0 saturated carbocycles. The molecule has 2 aromatic rings. The SMILES string of the molecule is COc1ccccc1OCC(=O)NCC(=O)N1CCO[C@H](c2ccccc2)C1. The van der Waals surface area contributed by atoms with Crippen molar-refractivity contribution in [2.75, 3.05) is 40.0 Å². The molecule has 0 bridgehead atoms. The average molecular weight is 384 g/mol. The van der Waals surface area contributed by atoms with Gasteiger partial charge >= 0.3 is 0 Å². The molecule has 2 aromatic carbocycles. The van der Waals surface area contributed by atoms with Crippen molar-refractivity contribution in [1.29, 1.82) is 0 Å². The number of nitrogens with one attached hydrogen (secondary N) is 1. The van der Waals surface area contributed by atoms with Crippen molar-refractivity contribution >= 4 is 11.8 Å². The van der Waals surface area contributed by atoms with Crippen molar-refractivity contribution in [3.63, 3.8) is 0 Å². The van der Waals surface area contributed by atoms with Crippen LogP contribution < -0.4 is 14.8 Å². The summed E-state index contributed by atoms with van der Waals surface area (Å²) in [6.07, 6.45) is -0.150. The van der Waals surface area contributed by atoms with E-state index in [4.69, 9.17) is 14.2 Å². The molecule has 0 aromatic heterocycles. The summed E-state index contributed by atoms with van der Waals surface area (Å²) in [5.41, 5.74) is 1.04. The highest BCUT2D eigenvalue weighted by Gasteiger charge is 2.25. The first-order chi connectivity index (χ1) is 13.7. The maximum absolute atomic E-state index is 12.4. The molecule has 2 amide bonds. The first-order valence-corrected chi connectivity index (χ1v) is 9.14. The lowest BCUT2D eigenvalue weighted by atomic mass is 10.1. The van der Waals surface area contributed by atoms with Gasteiger partial charge in [0.25, 0.3) is 5.91 Å². The number of nitrogens with zero attached hydrogens (tertiary/aromatic N) is 1. The Kier molecular flexibility index (Phi) is 6.86. The van der Waals surface area contributed by atoms with Gasteiger partial charge in [0.2, 0.25) is 5.91 Å². The zero-order chi connectivity index (χ0) is 19.8. The number of ether oxygens (including phenoxy) is 3. The first kappa shape index (κ1) is 19.7. The highest BCUT2D eigenvalue weighted by molar-refractivity contribution is 5.85. The summed E-state index contributed by atoms with van der Waals surface area (Å²) in [4.78, 5) is 26.2. The molecule has 7 nitrogen and oxygen atoms in total. The number of amides is 2. The Bertz CT molecular complexity index is 796. The summed E-state index contributed by atoms with van der Waals surface area (Å²) in [7, 11) is 1.53. The molecule has 0 radical (unpaired) electrons. The molecule has 0 spiro atoms. The number of hydrogen-bond acceptors (Lipinski definition) is 5. The average Bonchev–Trinajstić information content (AvgIpc) is 2.76. The molecule has 1 aliphatic heterocycles. The fourth-order valence-corrected chi connectivity index (χ4v) is 2.96. The normalized spacial score (nSPS) is 16.3. The number of para-hydroxylation sites is 2. The second kappa shape index (κ2) is 9.75. The van der Waals surface area contributed by atoms with Crippen LogP contribution in [0.4, 0.5) is 0 Å². The third-order valence-corrected chi connectivity index (χ3v) is 4.46.